The number of aryl methyl sites for hydroxylation is 2. The fourth-order valence-electron chi connectivity index (χ4n) is 3.38. The first kappa shape index (κ1) is 22.3. The highest BCUT2D eigenvalue weighted by atomic mass is 32.2. The van der Waals surface area contributed by atoms with Crippen LogP contribution in [0.15, 0.2) is 35.2 Å². The van der Waals surface area contributed by atoms with Crippen LogP contribution < -0.4 is 9.47 Å². The lowest BCUT2D eigenvalue weighted by Gasteiger charge is -2.33. The minimum absolute atomic E-state index is 0.149. The van der Waals surface area contributed by atoms with Crippen molar-refractivity contribution in [3.8, 4) is 11.5 Å². The molecule has 0 radical (unpaired) electrons. The van der Waals surface area contributed by atoms with Gasteiger partial charge in [-0.3, -0.25) is 4.79 Å². The summed E-state index contributed by atoms with van der Waals surface area (Å²) >= 11 is 1.48. The quantitative estimate of drug-likeness (QED) is 0.633. The van der Waals surface area contributed by atoms with Crippen molar-refractivity contribution in [3.63, 3.8) is 0 Å². The number of rotatable bonds is 6. The highest BCUT2D eigenvalue weighted by molar-refractivity contribution is 7.89. The van der Waals surface area contributed by atoms with Crippen molar-refractivity contribution in [2.24, 2.45) is 0 Å². The topological polar surface area (TPSA) is 76.2 Å². The van der Waals surface area contributed by atoms with E-state index in [-0.39, 0.29) is 19.0 Å². The first-order valence-corrected chi connectivity index (χ1v) is 11.8. The van der Waals surface area contributed by atoms with Gasteiger partial charge in [0.05, 0.1) is 19.1 Å². The van der Waals surface area contributed by atoms with E-state index in [9.17, 15) is 13.2 Å². The van der Waals surface area contributed by atoms with Crippen LogP contribution in [0.3, 0.4) is 0 Å². The molecule has 0 N–H and O–H groups in total. The second-order valence-electron chi connectivity index (χ2n) is 6.95. The molecule has 2 heterocycles. The Bertz CT molecular complexity index is 1050. The minimum atomic E-state index is -3.53. The van der Waals surface area contributed by atoms with Gasteiger partial charge >= 0.3 is 0 Å². The lowest BCUT2D eigenvalue weighted by Crippen LogP contribution is -2.50. The van der Waals surface area contributed by atoms with Crippen molar-refractivity contribution < 1.29 is 22.7 Å². The fraction of sp³-hybridized carbons (Fsp3) is 0.381. The summed E-state index contributed by atoms with van der Waals surface area (Å²) in [4.78, 5) is 16.4. The average molecular weight is 451 g/mol. The summed E-state index contributed by atoms with van der Waals surface area (Å²) in [7, 11) is -0.403. The van der Waals surface area contributed by atoms with Crippen LogP contribution in [0.25, 0.3) is 6.08 Å². The van der Waals surface area contributed by atoms with Gasteiger partial charge in [-0.15, -0.1) is 11.3 Å². The molecule has 7 nitrogen and oxygen atoms in total. The van der Waals surface area contributed by atoms with Crippen molar-refractivity contribution in [2.75, 3.05) is 40.4 Å². The number of sulfonamides is 1. The predicted octanol–water partition coefficient (Wildman–Crippen LogP) is 2.93. The zero-order valence-electron chi connectivity index (χ0n) is 17.5. The number of nitrogens with zero attached hydrogens (tertiary/aromatic N) is 2. The number of carbonyl (C=O) groups is 1. The van der Waals surface area contributed by atoms with E-state index in [0.717, 1.165) is 15.3 Å². The molecule has 30 heavy (non-hydrogen) atoms. The smallest absolute Gasteiger partial charge is 0.246 e. The highest BCUT2D eigenvalue weighted by Gasteiger charge is 2.31. The van der Waals surface area contributed by atoms with Gasteiger partial charge in [0.15, 0.2) is 11.5 Å². The Labute approximate surface area is 181 Å². The maximum atomic E-state index is 12.9. The summed E-state index contributed by atoms with van der Waals surface area (Å²) in [6.45, 7) is 5.01. The Morgan fingerprint density at radius 1 is 1.03 bits per heavy atom. The summed E-state index contributed by atoms with van der Waals surface area (Å²) < 4.78 is 37.8. The Balaban J connectivity index is 1.63. The normalized spacial score (nSPS) is 15.5. The van der Waals surface area contributed by atoms with E-state index >= 15 is 0 Å². The van der Waals surface area contributed by atoms with E-state index in [2.05, 4.69) is 0 Å². The number of benzene rings is 1. The number of hydrogen-bond acceptors (Lipinski definition) is 6. The van der Waals surface area contributed by atoms with Crippen LogP contribution in [0.2, 0.25) is 0 Å². The van der Waals surface area contributed by atoms with Crippen molar-refractivity contribution in [3.05, 3.63) is 45.7 Å². The molecule has 1 aliphatic rings. The van der Waals surface area contributed by atoms with E-state index in [1.807, 2.05) is 19.9 Å². The lowest BCUT2D eigenvalue weighted by molar-refractivity contribution is -0.127. The predicted molar refractivity (Wildman–Crippen MR) is 118 cm³/mol. The maximum Gasteiger partial charge on any atom is 0.246 e. The molecule has 2 aromatic rings. The van der Waals surface area contributed by atoms with Crippen LogP contribution in [0.1, 0.15) is 15.3 Å². The molecule has 3 rings (SSSR count). The SMILES string of the molecule is COc1ccc(/C=C/C(=O)N2CCN(S(=O)(=O)c3cc(C)sc3C)CC2)cc1OC. The second-order valence-corrected chi connectivity index (χ2v) is 10.3. The molecule has 1 saturated heterocycles. The van der Waals surface area contributed by atoms with Gasteiger partial charge in [0.2, 0.25) is 15.9 Å². The van der Waals surface area contributed by atoms with Crippen LogP contribution in [0.5, 0.6) is 11.5 Å². The monoisotopic (exact) mass is 450 g/mol. The molecule has 0 bridgehead atoms. The molecule has 1 fully saturated rings. The largest absolute Gasteiger partial charge is 0.493 e. The van der Waals surface area contributed by atoms with Gasteiger partial charge in [-0.2, -0.15) is 4.31 Å². The second kappa shape index (κ2) is 9.20. The van der Waals surface area contributed by atoms with Crippen LogP contribution in [0.4, 0.5) is 0 Å². The summed E-state index contributed by atoms with van der Waals surface area (Å²) in [6.07, 6.45) is 3.21. The van der Waals surface area contributed by atoms with E-state index in [0.29, 0.717) is 29.5 Å². The van der Waals surface area contributed by atoms with E-state index in [4.69, 9.17) is 9.47 Å². The van der Waals surface area contributed by atoms with Crippen molar-refractivity contribution in [1.29, 1.82) is 0 Å². The van der Waals surface area contributed by atoms with Gasteiger partial charge < -0.3 is 14.4 Å². The van der Waals surface area contributed by atoms with Crippen LogP contribution in [-0.2, 0) is 14.8 Å². The Hall–Kier alpha value is -2.36. The molecular weight excluding hydrogens is 424 g/mol. The van der Waals surface area contributed by atoms with Crippen molar-refractivity contribution >= 4 is 33.3 Å². The molecule has 1 aliphatic heterocycles. The summed E-state index contributed by atoms with van der Waals surface area (Å²) in [5.41, 5.74) is 0.811. The molecule has 9 heteroatoms. The molecule has 0 atom stereocenters. The third kappa shape index (κ3) is 4.69. The lowest BCUT2D eigenvalue weighted by atomic mass is 10.2. The standard InChI is InChI=1S/C21H26N2O5S2/c1-15-13-20(16(2)29-15)30(25,26)23-11-9-22(10-12-23)21(24)8-6-17-5-7-18(27-3)19(14-17)28-4/h5-8,13-14H,9-12H2,1-4H3/b8-6+. The Kier molecular flexibility index (Phi) is 6.84. The van der Waals surface area contributed by atoms with Gasteiger partial charge in [-0.1, -0.05) is 6.07 Å². The molecule has 1 aromatic carbocycles. The summed E-state index contributed by atoms with van der Waals surface area (Å²) in [5, 5.41) is 0. The van der Waals surface area contributed by atoms with Gasteiger partial charge in [-0.05, 0) is 43.7 Å². The molecule has 0 unspecified atom stereocenters. The van der Waals surface area contributed by atoms with Gasteiger partial charge in [0, 0.05) is 42.0 Å². The molecule has 1 aromatic heterocycles. The number of hydrogen-bond donors (Lipinski definition) is 0. The molecule has 0 spiro atoms. The van der Waals surface area contributed by atoms with E-state index in [1.54, 1.807) is 43.4 Å². The summed E-state index contributed by atoms with van der Waals surface area (Å²) in [5.74, 6) is 1.06. The summed E-state index contributed by atoms with van der Waals surface area (Å²) in [6, 6.07) is 7.12. The van der Waals surface area contributed by atoms with Crippen LogP contribution >= 0.6 is 11.3 Å². The number of thiophene rings is 1. The minimum Gasteiger partial charge on any atom is -0.493 e. The van der Waals surface area contributed by atoms with Crippen LogP contribution in [0, 0.1) is 13.8 Å². The third-order valence-corrected chi connectivity index (χ3v) is 8.11. The first-order valence-electron chi connectivity index (χ1n) is 9.52. The number of methoxy groups -OCH3 is 2. The third-order valence-electron chi connectivity index (χ3n) is 4.99. The van der Waals surface area contributed by atoms with Crippen molar-refractivity contribution in [2.45, 2.75) is 18.7 Å². The van der Waals surface area contributed by atoms with Gasteiger partial charge in [-0.25, -0.2) is 8.42 Å². The van der Waals surface area contributed by atoms with Crippen LogP contribution in [-0.4, -0.2) is 63.9 Å². The number of piperazine rings is 1. The maximum absolute atomic E-state index is 12.9. The Morgan fingerprint density at radius 2 is 1.70 bits per heavy atom. The first-order chi connectivity index (χ1) is 14.3. The highest BCUT2D eigenvalue weighted by Crippen LogP contribution is 2.29. The number of amides is 1. The molecule has 1 amide bonds. The number of ether oxygens (including phenoxy) is 2. The molecular formula is C21H26N2O5S2. The molecule has 0 aliphatic carbocycles. The van der Waals surface area contributed by atoms with Gasteiger partial charge in [0.25, 0.3) is 0 Å². The zero-order valence-corrected chi connectivity index (χ0v) is 19.2. The Morgan fingerprint density at radius 3 is 2.27 bits per heavy atom. The van der Waals surface area contributed by atoms with E-state index in [1.165, 1.54) is 21.7 Å². The van der Waals surface area contributed by atoms with E-state index < -0.39 is 10.0 Å². The van der Waals surface area contributed by atoms with Gasteiger partial charge in [0.1, 0.15) is 0 Å². The molecule has 0 saturated carbocycles. The average Bonchev–Trinajstić information content (AvgIpc) is 3.10. The molecule has 162 valence electrons. The number of carbonyl (C=O) groups excluding carboxylic acids is 1. The van der Waals surface area contributed by atoms with Crippen molar-refractivity contribution in [1.82, 2.24) is 9.21 Å². The fourth-order valence-corrected chi connectivity index (χ4v) is 6.33. The zero-order chi connectivity index (χ0) is 21.9.